The summed E-state index contributed by atoms with van der Waals surface area (Å²) in [5.41, 5.74) is 0. The highest BCUT2D eigenvalue weighted by atomic mass is 35.5. The minimum absolute atomic E-state index is 0. The molecule has 5 heteroatoms. The molecule has 20 heavy (non-hydrogen) atoms. The highest BCUT2D eigenvalue weighted by Gasteiger charge is 2.33. The quantitative estimate of drug-likeness (QED) is 0.751. The molecule has 2 aliphatic rings. The summed E-state index contributed by atoms with van der Waals surface area (Å²) in [5, 5.41) is 3.55. The number of nitrogens with zero attached hydrogens (tertiary/aromatic N) is 2. The van der Waals surface area contributed by atoms with Crippen molar-refractivity contribution >= 4 is 18.3 Å². The molecule has 1 amide bonds. The first-order chi connectivity index (χ1) is 9.24. The maximum Gasteiger partial charge on any atom is 0.237 e. The Hall–Kier alpha value is -0.840. The number of halogens is 1. The van der Waals surface area contributed by atoms with Crippen LogP contribution >= 0.6 is 12.4 Å². The molecule has 0 saturated carbocycles. The number of piperidine rings is 1. The first kappa shape index (κ1) is 17.2. The lowest BCUT2D eigenvalue weighted by Crippen LogP contribution is -2.48. The SMILES string of the molecule is C=CCN(CC=C)C(=O)CN1CCC2NCCC2C1.Cl. The summed E-state index contributed by atoms with van der Waals surface area (Å²) >= 11 is 0. The second-order valence-electron chi connectivity index (χ2n) is 5.51. The Bertz CT molecular complexity index is 338. The molecule has 0 aromatic carbocycles. The number of amides is 1. The number of hydrogen-bond donors (Lipinski definition) is 1. The van der Waals surface area contributed by atoms with Crippen molar-refractivity contribution in [3.05, 3.63) is 25.3 Å². The van der Waals surface area contributed by atoms with Gasteiger partial charge in [0.05, 0.1) is 6.54 Å². The molecule has 2 aliphatic heterocycles. The zero-order valence-electron chi connectivity index (χ0n) is 12.1. The average molecular weight is 300 g/mol. The van der Waals surface area contributed by atoms with Crippen molar-refractivity contribution in [1.82, 2.24) is 15.1 Å². The van der Waals surface area contributed by atoms with Crippen LogP contribution in [0.1, 0.15) is 12.8 Å². The Kier molecular flexibility index (Phi) is 7.27. The Labute approximate surface area is 128 Å². The van der Waals surface area contributed by atoms with Crippen LogP contribution in [0.4, 0.5) is 0 Å². The number of nitrogens with one attached hydrogen (secondary N) is 1. The summed E-state index contributed by atoms with van der Waals surface area (Å²) in [6.45, 7) is 12.4. The van der Waals surface area contributed by atoms with Gasteiger partial charge in [0.25, 0.3) is 0 Å². The first-order valence-corrected chi connectivity index (χ1v) is 7.20. The Morgan fingerprint density at radius 2 is 2.00 bits per heavy atom. The van der Waals surface area contributed by atoms with Gasteiger partial charge in [-0.2, -0.15) is 0 Å². The fourth-order valence-electron chi connectivity index (χ4n) is 3.15. The zero-order valence-corrected chi connectivity index (χ0v) is 12.9. The zero-order chi connectivity index (χ0) is 13.7. The van der Waals surface area contributed by atoms with Gasteiger partial charge in [0.15, 0.2) is 0 Å². The third kappa shape index (κ3) is 4.33. The molecule has 114 valence electrons. The topological polar surface area (TPSA) is 35.6 Å². The van der Waals surface area contributed by atoms with E-state index in [4.69, 9.17) is 0 Å². The van der Waals surface area contributed by atoms with Crippen LogP contribution < -0.4 is 5.32 Å². The Balaban J connectivity index is 0.00000200. The fourth-order valence-corrected chi connectivity index (χ4v) is 3.15. The first-order valence-electron chi connectivity index (χ1n) is 7.20. The van der Waals surface area contributed by atoms with E-state index < -0.39 is 0 Å². The molecule has 2 saturated heterocycles. The maximum atomic E-state index is 12.3. The molecule has 2 heterocycles. The Morgan fingerprint density at radius 1 is 1.30 bits per heavy atom. The van der Waals surface area contributed by atoms with E-state index in [-0.39, 0.29) is 18.3 Å². The van der Waals surface area contributed by atoms with Crippen molar-refractivity contribution < 1.29 is 4.79 Å². The van der Waals surface area contributed by atoms with Crippen molar-refractivity contribution in [2.24, 2.45) is 5.92 Å². The minimum Gasteiger partial charge on any atom is -0.334 e. The van der Waals surface area contributed by atoms with Crippen LogP contribution in [0.3, 0.4) is 0 Å². The lowest BCUT2D eigenvalue weighted by Gasteiger charge is -2.35. The molecule has 2 atom stereocenters. The molecule has 0 aromatic heterocycles. The monoisotopic (exact) mass is 299 g/mol. The second-order valence-corrected chi connectivity index (χ2v) is 5.51. The number of carbonyl (C=O) groups is 1. The smallest absolute Gasteiger partial charge is 0.237 e. The molecule has 2 unspecified atom stereocenters. The van der Waals surface area contributed by atoms with Crippen LogP contribution in [0, 0.1) is 5.92 Å². The van der Waals surface area contributed by atoms with Gasteiger partial charge in [-0.25, -0.2) is 0 Å². The summed E-state index contributed by atoms with van der Waals surface area (Å²) < 4.78 is 0. The lowest BCUT2D eigenvalue weighted by atomic mass is 9.93. The van der Waals surface area contributed by atoms with Crippen molar-refractivity contribution in [2.75, 3.05) is 39.3 Å². The van der Waals surface area contributed by atoms with Gasteiger partial charge in [0, 0.05) is 32.2 Å². The predicted octanol–water partition coefficient (Wildman–Crippen LogP) is 1.29. The summed E-state index contributed by atoms with van der Waals surface area (Å²) in [6, 6.07) is 0.684. The fraction of sp³-hybridized carbons (Fsp3) is 0.667. The lowest BCUT2D eigenvalue weighted by molar-refractivity contribution is -0.131. The standard InChI is InChI=1S/C15H25N3O.ClH/c1-3-8-18(9-4-2)15(19)12-17-10-6-14-13(11-17)5-7-16-14;/h3-4,13-14,16H,1-2,5-12H2;1H. The van der Waals surface area contributed by atoms with Crippen LogP contribution in [0.25, 0.3) is 0 Å². The van der Waals surface area contributed by atoms with Crippen molar-refractivity contribution in [3.63, 3.8) is 0 Å². The Morgan fingerprint density at radius 3 is 2.65 bits per heavy atom. The molecular weight excluding hydrogens is 274 g/mol. The molecule has 2 fully saturated rings. The average Bonchev–Trinajstić information content (AvgIpc) is 2.86. The van der Waals surface area contributed by atoms with Gasteiger partial charge in [-0.05, 0) is 25.3 Å². The van der Waals surface area contributed by atoms with E-state index in [2.05, 4.69) is 23.4 Å². The predicted molar refractivity (Wildman–Crippen MR) is 85.2 cm³/mol. The highest BCUT2D eigenvalue weighted by molar-refractivity contribution is 5.85. The third-order valence-electron chi connectivity index (χ3n) is 4.15. The molecule has 0 aromatic rings. The van der Waals surface area contributed by atoms with Gasteiger partial charge in [-0.1, -0.05) is 12.2 Å². The van der Waals surface area contributed by atoms with Crippen molar-refractivity contribution in [2.45, 2.75) is 18.9 Å². The van der Waals surface area contributed by atoms with Crippen molar-refractivity contribution in [1.29, 1.82) is 0 Å². The van der Waals surface area contributed by atoms with Gasteiger partial charge in [-0.15, -0.1) is 25.6 Å². The van der Waals surface area contributed by atoms with Crippen LogP contribution in [0.15, 0.2) is 25.3 Å². The van der Waals surface area contributed by atoms with E-state index >= 15 is 0 Å². The molecule has 0 aliphatic carbocycles. The summed E-state index contributed by atoms with van der Waals surface area (Å²) in [7, 11) is 0. The molecular formula is C15H26ClN3O. The van der Waals surface area contributed by atoms with Crippen LogP contribution in [-0.4, -0.2) is 61.0 Å². The van der Waals surface area contributed by atoms with Gasteiger partial charge in [0.1, 0.15) is 0 Å². The molecule has 0 bridgehead atoms. The van der Waals surface area contributed by atoms with Crippen LogP contribution in [0.5, 0.6) is 0 Å². The second kappa shape index (κ2) is 8.45. The molecule has 0 spiro atoms. The molecule has 0 radical (unpaired) electrons. The number of rotatable bonds is 6. The van der Waals surface area contributed by atoms with E-state index in [9.17, 15) is 4.79 Å². The van der Waals surface area contributed by atoms with Crippen LogP contribution in [0.2, 0.25) is 0 Å². The summed E-state index contributed by atoms with van der Waals surface area (Å²) in [5.74, 6) is 0.915. The summed E-state index contributed by atoms with van der Waals surface area (Å²) in [4.78, 5) is 16.4. The highest BCUT2D eigenvalue weighted by Crippen LogP contribution is 2.24. The maximum absolute atomic E-state index is 12.3. The van der Waals surface area contributed by atoms with E-state index in [1.807, 2.05) is 0 Å². The number of carbonyl (C=O) groups excluding carboxylic acids is 1. The van der Waals surface area contributed by atoms with E-state index in [0.29, 0.717) is 25.7 Å². The molecule has 1 N–H and O–H groups in total. The van der Waals surface area contributed by atoms with E-state index in [0.717, 1.165) is 25.6 Å². The van der Waals surface area contributed by atoms with Gasteiger partial charge in [-0.3, -0.25) is 9.69 Å². The largest absolute Gasteiger partial charge is 0.334 e. The van der Waals surface area contributed by atoms with Gasteiger partial charge >= 0.3 is 0 Å². The summed E-state index contributed by atoms with van der Waals surface area (Å²) in [6.07, 6.45) is 5.96. The third-order valence-corrected chi connectivity index (χ3v) is 4.15. The van der Waals surface area contributed by atoms with Crippen molar-refractivity contribution in [3.8, 4) is 0 Å². The minimum atomic E-state index is 0. The molecule has 2 rings (SSSR count). The molecule has 4 nitrogen and oxygen atoms in total. The van der Waals surface area contributed by atoms with E-state index in [1.54, 1.807) is 17.1 Å². The van der Waals surface area contributed by atoms with Gasteiger partial charge in [0.2, 0.25) is 5.91 Å². The number of fused-ring (bicyclic) bond motifs is 1. The van der Waals surface area contributed by atoms with Gasteiger partial charge < -0.3 is 10.2 Å². The van der Waals surface area contributed by atoms with Crippen LogP contribution in [-0.2, 0) is 4.79 Å². The number of hydrogen-bond acceptors (Lipinski definition) is 3. The number of likely N-dealkylation sites (tertiary alicyclic amines) is 1. The van der Waals surface area contributed by atoms with E-state index in [1.165, 1.54) is 12.8 Å². The normalized spacial score (nSPS) is 25.4.